The van der Waals surface area contributed by atoms with E-state index >= 15 is 0 Å². The van der Waals surface area contributed by atoms with Crippen LogP contribution in [0, 0.1) is 6.92 Å². The summed E-state index contributed by atoms with van der Waals surface area (Å²) in [7, 11) is 1.56. The van der Waals surface area contributed by atoms with Crippen LogP contribution in [-0.2, 0) is 17.9 Å². The van der Waals surface area contributed by atoms with Gasteiger partial charge in [-0.15, -0.1) is 5.10 Å². The average Bonchev–Trinajstić information content (AvgIpc) is 3.58. The molecule has 1 amide bonds. The average molecular weight is 607 g/mol. The lowest BCUT2D eigenvalue weighted by Crippen LogP contribution is -2.28. The lowest BCUT2D eigenvalue weighted by Gasteiger charge is -2.13. The van der Waals surface area contributed by atoms with Gasteiger partial charge in [-0.25, -0.2) is 0 Å². The molecule has 4 aromatic rings. The monoisotopic (exact) mass is 605 g/mol. The van der Waals surface area contributed by atoms with Crippen molar-refractivity contribution in [3.8, 4) is 11.5 Å². The number of halogens is 2. The molecule has 1 aromatic heterocycles. The first-order valence-corrected chi connectivity index (χ1v) is 14.1. The summed E-state index contributed by atoms with van der Waals surface area (Å²) in [4.78, 5) is 15.4. The van der Waals surface area contributed by atoms with Crippen LogP contribution in [0.25, 0.3) is 6.08 Å². The molecule has 7 nitrogen and oxygen atoms in total. The number of hydrogen-bond acceptors (Lipinski definition) is 7. The molecular formula is C31H25Cl2N3O4S. The Kier molecular flexibility index (Phi) is 9.14. The molecule has 208 valence electrons. The molecular weight excluding hydrogens is 581 g/mol. The van der Waals surface area contributed by atoms with E-state index in [2.05, 4.69) is 10.2 Å². The highest BCUT2D eigenvalue weighted by Gasteiger charge is 2.34. The van der Waals surface area contributed by atoms with Crippen molar-refractivity contribution >= 4 is 58.3 Å². The zero-order valence-electron chi connectivity index (χ0n) is 22.2. The normalized spacial score (nSPS) is 15.4. The van der Waals surface area contributed by atoms with Crippen molar-refractivity contribution in [1.82, 2.24) is 4.90 Å². The molecule has 1 aliphatic rings. The zero-order valence-corrected chi connectivity index (χ0v) is 24.5. The van der Waals surface area contributed by atoms with Gasteiger partial charge in [-0.2, -0.15) is 5.10 Å². The van der Waals surface area contributed by atoms with E-state index in [1.807, 2.05) is 55.5 Å². The second-order valence-corrected chi connectivity index (χ2v) is 10.9. The highest BCUT2D eigenvalue weighted by molar-refractivity contribution is 8.18. The SMILES string of the molecule is COc1cc(/C=N\N=C2\S/C(=C\c3ccccc3C)C(=O)N2Cc2ccco2)ccc1OCc1ccc(Cl)cc1Cl. The summed E-state index contributed by atoms with van der Waals surface area (Å²) in [5, 5.41) is 10.2. The third-order valence-corrected chi connectivity index (χ3v) is 7.78. The number of furan rings is 1. The van der Waals surface area contributed by atoms with Crippen LogP contribution in [0.15, 0.2) is 98.6 Å². The predicted molar refractivity (Wildman–Crippen MR) is 165 cm³/mol. The van der Waals surface area contributed by atoms with E-state index in [0.717, 1.165) is 22.3 Å². The van der Waals surface area contributed by atoms with Crippen molar-refractivity contribution in [1.29, 1.82) is 0 Å². The summed E-state index contributed by atoms with van der Waals surface area (Å²) >= 11 is 13.5. The Bertz CT molecular complexity index is 1650. The van der Waals surface area contributed by atoms with Gasteiger partial charge in [0, 0.05) is 15.6 Å². The minimum absolute atomic E-state index is 0.160. The van der Waals surface area contributed by atoms with Crippen LogP contribution >= 0.6 is 35.0 Å². The van der Waals surface area contributed by atoms with Gasteiger partial charge in [-0.05, 0) is 83.9 Å². The highest BCUT2D eigenvalue weighted by Crippen LogP contribution is 2.34. The minimum atomic E-state index is -0.160. The number of benzene rings is 3. The van der Waals surface area contributed by atoms with Crippen LogP contribution in [-0.4, -0.2) is 29.3 Å². The van der Waals surface area contributed by atoms with Gasteiger partial charge in [0.25, 0.3) is 5.91 Å². The molecule has 3 aromatic carbocycles. The van der Waals surface area contributed by atoms with Gasteiger partial charge in [-0.1, -0.05) is 53.5 Å². The molecule has 0 unspecified atom stereocenters. The second-order valence-electron chi connectivity index (χ2n) is 9.00. The number of methoxy groups -OCH3 is 1. The molecule has 0 spiro atoms. The molecule has 0 aliphatic carbocycles. The lowest BCUT2D eigenvalue weighted by molar-refractivity contribution is -0.122. The number of amidine groups is 1. The maximum absolute atomic E-state index is 13.3. The maximum atomic E-state index is 13.3. The number of carbonyl (C=O) groups is 1. The number of rotatable bonds is 9. The molecule has 0 radical (unpaired) electrons. The van der Waals surface area contributed by atoms with Crippen LogP contribution in [0.5, 0.6) is 11.5 Å². The molecule has 5 rings (SSSR count). The quantitative estimate of drug-likeness (QED) is 0.110. The van der Waals surface area contributed by atoms with Gasteiger partial charge < -0.3 is 13.9 Å². The fourth-order valence-electron chi connectivity index (χ4n) is 3.99. The van der Waals surface area contributed by atoms with Crippen molar-refractivity contribution in [2.75, 3.05) is 7.11 Å². The number of nitrogens with zero attached hydrogens (tertiary/aromatic N) is 3. The fraction of sp³-hybridized carbons (Fsp3) is 0.129. The van der Waals surface area contributed by atoms with Crippen molar-refractivity contribution < 1.29 is 18.7 Å². The summed E-state index contributed by atoms with van der Waals surface area (Å²) < 4.78 is 16.9. The van der Waals surface area contributed by atoms with Crippen LogP contribution in [0.4, 0.5) is 0 Å². The second kappa shape index (κ2) is 13.1. The van der Waals surface area contributed by atoms with Crippen LogP contribution in [0.2, 0.25) is 10.0 Å². The van der Waals surface area contributed by atoms with Crippen LogP contribution in [0.1, 0.15) is 28.0 Å². The Hall–Kier alpha value is -3.98. The van der Waals surface area contributed by atoms with E-state index in [4.69, 9.17) is 37.1 Å². The van der Waals surface area contributed by atoms with Crippen molar-refractivity contribution in [2.24, 2.45) is 10.2 Å². The van der Waals surface area contributed by atoms with Crippen molar-refractivity contribution in [3.05, 3.63) is 122 Å². The van der Waals surface area contributed by atoms with Crippen molar-refractivity contribution in [3.63, 3.8) is 0 Å². The molecule has 0 bridgehead atoms. The molecule has 10 heteroatoms. The number of ether oxygens (including phenoxy) is 2. The van der Waals surface area contributed by atoms with E-state index in [1.165, 1.54) is 11.8 Å². The number of thioether (sulfide) groups is 1. The summed E-state index contributed by atoms with van der Waals surface area (Å²) in [6, 6.07) is 22.2. The summed E-state index contributed by atoms with van der Waals surface area (Å²) in [5.74, 6) is 1.56. The lowest BCUT2D eigenvalue weighted by atomic mass is 10.1. The first kappa shape index (κ1) is 28.5. The predicted octanol–water partition coefficient (Wildman–Crippen LogP) is 7.99. The summed E-state index contributed by atoms with van der Waals surface area (Å²) in [6.07, 6.45) is 5.05. The van der Waals surface area contributed by atoms with Crippen LogP contribution in [0.3, 0.4) is 0 Å². The molecule has 1 fully saturated rings. The molecule has 0 N–H and O–H groups in total. The first-order chi connectivity index (χ1) is 19.9. The van der Waals surface area contributed by atoms with Crippen LogP contribution < -0.4 is 9.47 Å². The number of carbonyl (C=O) groups excluding carboxylic acids is 1. The third-order valence-electron chi connectivity index (χ3n) is 6.19. The van der Waals surface area contributed by atoms with E-state index in [1.54, 1.807) is 54.8 Å². The van der Waals surface area contributed by atoms with Gasteiger partial charge in [0.2, 0.25) is 0 Å². The topological polar surface area (TPSA) is 76.6 Å². The maximum Gasteiger partial charge on any atom is 0.267 e. The largest absolute Gasteiger partial charge is 0.493 e. The molecule has 0 atom stereocenters. The fourth-order valence-corrected chi connectivity index (χ4v) is 5.38. The molecule has 2 heterocycles. The Morgan fingerprint density at radius 3 is 2.63 bits per heavy atom. The molecule has 0 saturated carbocycles. The molecule has 1 saturated heterocycles. The standard InChI is InChI=1S/C31H25Cl2N3O4S/c1-20-6-3-4-7-22(20)15-29-30(37)36(18-25-8-5-13-39-25)31(41-29)35-34-17-21-9-12-27(28(14-21)38-2)40-19-23-10-11-24(32)16-26(23)33/h3-17H,18-19H2,1-2H3/b29-15-,34-17-,35-31+. The zero-order chi connectivity index (χ0) is 28.8. The van der Waals surface area contributed by atoms with E-state index < -0.39 is 0 Å². The van der Waals surface area contributed by atoms with Crippen molar-refractivity contribution in [2.45, 2.75) is 20.1 Å². The highest BCUT2D eigenvalue weighted by atomic mass is 35.5. The summed E-state index contributed by atoms with van der Waals surface area (Å²) in [5.41, 5.74) is 3.59. The summed E-state index contributed by atoms with van der Waals surface area (Å²) in [6.45, 7) is 2.51. The van der Waals surface area contributed by atoms with Gasteiger partial charge in [-0.3, -0.25) is 9.69 Å². The van der Waals surface area contributed by atoms with Gasteiger partial charge in [0.1, 0.15) is 12.4 Å². The minimum Gasteiger partial charge on any atom is -0.493 e. The Morgan fingerprint density at radius 1 is 1.02 bits per heavy atom. The number of hydrogen-bond donors (Lipinski definition) is 0. The Labute approximate surface area is 252 Å². The molecule has 41 heavy (non-hydrogen) atoms. The molecule has 1 aliphatic heterocycles. The van der Waals surface area contributed by atoms with Gasteiger partial charge in [0.15, 0.2) is 16.7 Å². The third kappa shape index (κ3) is 7.03. The van der Waals surface area contributed by atoms with Gasteiger partial charge >= 0.3 is 0 Å². The van der Waals surface area contributed by atoms with Gasteiger partial charge in [0.05, 0.1) is 31.0 Å². The van der Waals surface area contributed by atoms with E-state index in [0.29, 0.717) is 37.4 Å². The Morgan fingerprint density at radius 2 is 1.88 bits per heavy atom. The number of amides is 1. The number of aryl methyl sites for hydroxylation is 1. The Balaban J connectivity index is 1.34. The first-order valence-electron chi connectivity index (χ1n) is 12.6. The van der Waals surface area contributed by atoms with E-state index in [-0.39, 0.29) is 19.1 Å². The smallest absolute Gasteiger partial charge is 0.267 e. The van der Waals surface area contributed by atoms with E-state index in [9.17, 15) is 4.79 Å².